The molecule has 0 amide bonds. The van der Waals surface area contributed by atoms with Crippen molar-refractivity contribution in [3.63, 3.8) is 0 Å². The Balaban J connectivity index is 2.51. The zero-order chi connectivity index (χ0) is 12.7. The molecule has 0 aliphatic heterocycles. The van der Waals surface area contributed by atoms with Crippen LogP contribution in [0.5, 0.6) is 0 Å². The van der Waals surface area contributed by atoms with Crippen LogP contribution in [0.25, 0.3) is 0 Å². The molecular formula is C12H13NO4. The summed E-state index contributed by atoms with van der Waals surface area (Å²) in [4.78, 5) is 21.5. The number of ketones is 1. The van der Waals surface area contributed by atoms with Crippen molar-refractivity contribution in [1.82, 2.24) is 0 Å². The van der Waals surface area contributed by atoms with Crippen LogP contribution in [0.15, 0.2) is 36.9 Å². The first kappa shape index (κ1) is 13.1. The zero-order valence-electron chi connectivity index (χ0n) is 9.30. The SMILES string of the molecule is C=CCCOCC(=O)c1ccc([N+](=O)[O-])cc1. The highest BCUT2D eigenvalue weighted by Crippen LogP contribution is 2.12. The van der Waals surface area contributed by atoms with E-state index in [2.05, 4.69) is 6.58 Å². The van der Waals surface area contributed by atoms with E-state index in [1.165, 1.54) is 24.3 Å². The van der Waals surface area contributed by atoms with Gasteiger partial charge in [-0.1, -0.05) is 6.08 Å². The normalized spacial score (nSPS) is 9.88. The summed E-state index contributed by atoms with van der Waals surface area (Å²) in [5, 5.41) is 10.4. The molecule has 0 atom stereocenters. The molecule has 1 rings (SSSR count). The number of carbonyl (C=O) groups is 1. The molecule has 90 valence electrons. The second-order valence-electron chi connectivity index (χ2n) is 3.36. The van der Waals surface area contributed by atoms with Gasteiger partial charge < -0.3 is 4.74 Å². The molecule has 0 aromatic heterocycles. The van der Waals surface area contributed by atoms with Gasteiger partial charge in [0.25, 0.3) is 5.69 Å². The Morgan fingerprint density at radius 1 is 1.41 bits per heavy atom. The van der Waals surface area contributed by atoms with Crippen LogP contribution < -0.4 is 0 Å². The molecule has 1 aromatic carbocycles. The Hall–Kier alpha value is -2.01. The van der Waals surface area contributed by atoms with Crippen molar-refractivity contribution in [3.05, 3.63) is 52.6 Å². The van der Waals surface area contributed by atoms with E-state index >= 15 is 0 Å². The molecule has 0 heterocycles. The number of carbonyl (C=O) groups excluding carboxylic acids is 1. The second-order valence-corrected chi connectivity index (χ2v) is 3.36. The molecule has 17 heavy (non-hydrogen) atoms. The van der Waals surface area contributed by atoms with Crippen molar-refractivity contribution >= 4 is 11.5 Å². The molecule has 0 unspecified atom stereocenters. The van der Waals surface area contributed by atoms with E-state index in [-0.39, 0.29) is 18.1 Å². The van der Waals surface area contributed by atoms with Crippen LogP contribution >= 0.6 is 0 Å². The lowest BCUT2D eigenvalue weighted by Gasteiger charge is -2.02. The molecule has 0 radical (unpaired) electrons. The number of Topliss-reactive ketones (excluding diaryl/α,β-unsaturated/α-hetero) is 1. The fourth-order valence-electron chi connectivity index (χ4n) is 1.18. The van der Waals surface area contributed by atoms with Crippen LogP contribution in [0.2, 0.25) is 0 Å². The van der Waals surface area contributed by atoms with Gasteiger partial charge in [-0.2, -0.15) is 0 Å². The monoisotopic (exact) mass is 235 g/mol. The summed E-state index contributed by atoms with van der Waals surface area (Å²) < 4.78 is 5.11. The molecule has 0 bridgehead atoms. The van der Waals surface area contributed by atoms with E-state index in [1.807, 2.05) is 0 Å². The summed E-state index contributed by atoms with van der Waals surface area (Å²) in [6.45, 7) is 3.96. The Morgan fingerprint density at radius 2 is 2.06 bits per heavy atom. The van der Waals surface area contributed by atoms with Gasteiger partial charge in [-0.15, -0.1) is 6.58 Å². The highest BCUT2D eigenvalue weighted by Gasteiger charge is 2.09. The van der Waals surface area contributed by atoms with E-state index in [1.54, 1.807) is 6.08 Å². The van der Waals surface area contributed by atoms with Crippen molar-refractivity contribution in [2.24, 2.45) is 0 Å². The maximum atomic E-state index is 11.6. The Bertz CT molecular complexity index is 411. The molecule has 5 nitrogen and oxygen atoms in total. The van der Waals surface area contributed by atoms with E-state index in [0.29, 0.717) is 18.6 Å². The van der Waals surface area contributed by atoms with Crippen LogP contribution in [0.3, 0.4) is 0 Å². The largest absolute Gasteiger partial charge is 0.373 e. The van der Waals surface area contributed by atoms with Gasteiger partial charge in [-0.25, -0.2) is 0 Å². The number of non-ortho nitro benzene ring substituents is 1. The van der Waals surface area contributed by atoms with E-state index in [9.17, 15) is 14.9 Å². The smallest absolute Gasteiger partial charge is 0.269 e. The summed E-state index contributed by atoms with van der Waals surface area (Å²) >= 11 is 0. The second kappa shape index (κ2) is 6.55. The molecule has 1 aromatic rings. The Morgan fingerprint density at radius 3 is 2.59 bits per heavy atom. The first-order valence-corrected chi connectivity index (χ1v) is 5.11. The standard InChI is InChI=1S/C12H13NO4/c1-2-3-8-17-9-12(14)10-4-6-11(7-5-10)13(15)16/h2,4-7H,1,3,8-9H2. The molecule has 0 N–H and O–H groups in total. The fourth-order valence-corrected chi connectivity index (χ4v) is 1.18. The van der Waals surface area contributed by atoms with Crippen molar-refractivity contribution in [2.75, 3.05) is 13.2 Å². The minimum absolute atomic E-state index is 0.0222. The lowest BCUT2D eigenvalue weighted by atomic mass is 10.1. The summed E-state index contributed by atoms with van der Waals surface area (Å²) in [6, 6.07) is 5.46. The van der Waals surface area contributed by atoms with Crippen LogP contribution in [-0.2, 0) is 4.74 Å². The van der Waals surface area contributed by atoms with Gasteiger partial charge >= 0.3 is 0 Å². The van der Waals surface area contributed by atoms with Crippen molar-refractivity contribution in [2.45, 2.75) is 6.42 Å². The quantitative estimate of drug-likeness (QED) is 0.239. The van der Waals surface area contributed by atoms with Gasteiger partial charge in [0.1, 0.15) is 6.61 Å². The third-order valence-corrected chi connectivity index (χ3v) is 2.10. The number of rotatable bonds is 7. The number of ether oxygens (including phenoxy) is 1. The minimum Gasteiger partial charge on any atom is -0.373 e. The van der Waals surface area contributed by atoms with Gasteiger partial charge in [-0.3, -0.25) is 14.9 Å². The predicted molar refractivity (Wildman–Crippen MR) is 63.1 cm³/mol. The topological polar surface area (TPSA) is 69.4 Å². The highest BCUT2D eigenvalue weighted by molar-refractivity contribution is 5.97. The molecule has 0 saturated carbocycles. The molecule has 0 aliphatic carbocycles. The molecule has 0 fully saturated rings. The van der Waals surface area contributed by atoms with Crippen LogP contribution in [0.1, 0.15) is 16.8 Å². The van der Waals surface area contributed by atoms with Gasteiger partial charge in [0.05, 0.1) is 11.5 Å². The average molecular weight is 235 g/mol. The average Bonchev–Trinajstić information content (AvgIpc) is 2.34. The lowest BCUT2D eigenvalue weighted by Crippen LogP contribution is -2.09. The number of nitro groups is 1. The number of nitro benzene ring substituents is 1. The van der Waals surface area contributed by atoms with Gasteiger partial charge in [-0.05, 0) is 18.6 Å². The molecule has 5 heteroatoms. The predicted octanol–water partition coefficient (Wildman–Crippen LogP) is 2.37. The summed E-state index contributed by atoms with van der Waals surface area (Å²) in [6.07, 6.45) is 2.39. The molecular weight excluding hydrogens is 222 g/mol. The van der Waals surface area contributed by atoms with E-state index < -0.39 is 4.92 Å². The minimum atomic E-state index is -0.505. The van der Waals surface area contributed by atoms with Gasteiger partial charge in [0.15, 0.2) is 5.78 Å². The maximum Gasteiger partial charge on any atom is 0.269 e. The fraction of sp³-hybridized carbons (Fsp3) is 0.250. The first-order chi connectivity index (χ1) is 8.15. The van der Waals surface area contributed by atoms with Crippen LogP contribution in [-0.4, -0.2) is 23.9 Å². The van der Waals surface area contributed by atoms with Crippen molar-refractivity contribution in [3.8, 4) is 0 Å². The van der Waals surface area contributed by atoms with Crippen LogP contribution in [0.4, 0.5) is 5.69 Å². The zero-order valence-corrected chi connectivity index (χ0v) is 9.30. The number of benzene rings is 1. The summed E-state index contributed by atoms with van der Waals surface area (Å²) in [5.41, 5.74) is 0.378. The summed E-state index contributed by atoms with van der Waals surface area (Å²) in [7, 11) is 0. The number of hydrogen-bond acceptors (Lipinski definition) is 4. The molecule has 0 saturated heterocycles. The third-order valence-electron chi connectivity index (χ3n) is 2.10. The van der Waals surface area contributed by atoms with Crippen molar-refractivity contribution < 1.29 is 14.5 Å². The van der Waals surface area contributed by atoms with Gasteiger partial charge in [0.2, 0.25) is 0 Å². The Kier molecular flexibility index (Phi) is 5.03. The molecule has 0 aliphatic rings. The summed E-state index contributed by atoms with van der Waals surface area (Å²) in [5.74, 6) is -0.191. The molecule has 0 spiro atoms. The Labute approximate surface area is 98.9 Å². The first-order valence-electron chi connectivity index (χ1n) is 5.11. The van der Waals surface area contributed by atoms with Crippen LogP contribution in [0, 0.1) is 10.1 Å². The van der Waals surface area contributed by atoms with E-state index in [4.69, 9.17) is 4.74 Å². The lowest BCUT2D eigenvalue weighted by molar-refractivity contribution is -0.384. The number of nitrogens with zero attached hydrogens (tertiary/aromatic N) is 1. The van der Waals surface area contributed by atoms with Gasteiger partial charge in [0, 0.05) is 17.7 Å². The maximum absolute atomic E-state index is 11.6. The van der Waals surface area contributed by atoms with E-state index in [0.717, 1.165) is 0 Å². The highest BCUT2D eigenvalue weighted by atomic mass is 16.6. The third kappa shape index (κ3) is 4.16. The number of hydrogen-bond donors (Lipinski definition) is 0. The van der Waals surface area contributed by atoms with Crippen molar-refractivity contribution in [1.29, 1.82) is 0 Å².